The standard InChI is InChI=1S/C22H22FNO3S2/c1-16-4-13-22(28-16)21-12-11-20(23)15-19(21)10-9-18-7-5-17(6-8-18)3-2-14-24-29(25,26)27/h4-13,15,24H,2-3,14H2,1H3,(H,25,26,27)/b10-9+. The number of rotatable bonds is 8. The molecule has 2 aromatic carbocycles. The fraction of sp³-hybridized carbons (Fsp3) is 0.182. The quantitative estimate of drug-likeness (QED) is 0.287. The largest absolute Gasteiger partial charge is 0.333 e. The molecule has 0 saturated heterocycles. The van der Waals surface area contributed by atoms with E-state index in [-0.39, 0.29) is 12.4 Å². The molecule has 0 aliphatic heterocycles. The van der Waals surface area contributed by atoms with Gasteiger partial charge in [-0.2, -0.15) is 13.1 Å². The molecule has 0 fully saturated rings. The number of hydrogen-bond donors (Lipinski definition) is 2. The van der Waals surface area contributed by atoms with Crippen molar-refractivity contribution < 1.29 is 17.4 Å². The van der Waals surface area contributed by atoms with Gasteiger partial charge < -0.3 is 0 Å². The van der Waals surface area contributed by atoms with E-state index < -0.39 is 10.3 Å². The zero-order valence-corrected chi connectivity index (χ0v) is 17.6. The van der Waals surface area contributed by atoms with E-state index in [0.717, 1.165) is 27.1 Å². The van der Waals surface area contributed by atoms with Gasteiger partial charge in [0.2, 0.25) is 0 Å². The summed E-state index contributed by atoms with van der Waals surface area (Å²) in [6.45, 7) is 2.23. The van der Waals surface area contributed by atoms with Crippen LogP contribution < -0.4 is 4.72 Å². The van der Waals surface area contributed by atoms with Gasteiger partial charge in [-0.1, -0.05) is 42.5 Å². The summed E-state index contributed by atoms with van der Waals surface area (Å²) in [5.74, 6) is -0.268. The minimum atomic E-state index is -4.13. The summed E-state index contributed by atoms with van der Waals surface area (Å²) < 4.78 is 45.7. The molecule has 1 heterocycles. The molecular weight excluding hydrogens is 409 g/mol. The van der Waals surface area contributed by atoms with E-state index in [2.05, 4.69) is 16.9 Å². The van der Waals surface area contributed by atoms with Crippen molar-refractivity contribution in [2.24, 2.45) is 0 Å². The molecule has 3 rings (SSSR count). The van der Waals surface area contributed by atoms with Crippen molar-refractivity contribution in [3.05, 3.63) is 82.0 Å². The molecule has 0 amide bonds. The van der Waals surface area contributed by atoms with E-state index in [1.165, 1.54) is 17.0 Å². The normalized spacial score (nSPS) is 12.0. The Bertz CT molecular complexity index is 1100. The molecular formula is C22H22FNO3S2. The van der Waals surface area contributed by atoms with Crippen molar-refractivity contribution in [3.8, 4) is 10.4 Å². The second kappa shape index (κ2) is 9.45. The fourth-order valence-corrected chi connectivity index (χ4v) is 4.27. The summed E-state index contributed by atoms with van der Waals surface area (Å²) in [4.78, 5) is 2.32. The Morgan fingerprint density at radius 2 is 1.83 bits per heavy atom. The molecule has 1 aromatic heterocycles. The summed E-state index contributed by atoms with van der Waals surface area (Å²) in [5, 5.41) is 0. The molecule has 0 bridgehead atoms. The van der Waals surface area contributed by atoms with Crippen LogP contribution in [0.3, 0.4) is 0 Å². The average molecular weight is 432 g/mol. The van der Waals surface area contributed by atoms with E-state index in [1.807, 2.05) is 49.4 Å². The van der Waals surface area contributed by atoms with Gasteiger partial charge in [-0.05, 0) is 66.3 Å². The van der Waals surface area contributed by atoms with Gasteiger partial charge in [0.25, 0.3) is 0 Å². The Labute approximate surface area is 174 Å². The van der Waals surface area contributed by atoms with Crippen LogP contribution in [0.1, 0.15) is 28.0 Å². The highest BCUT2D eigenvalue weighted by Crippen LogP contribution is 2.32. The van der Waals surface area contributed by atoms with E-state index in [4.69, 9.17) is 4.55 Å². The molecule has 0 aliphatic carbocycles. The molecule has 29 heavy (non-hydrogen) atoms. The second-order valence-corrected chi connectivity index (χ2v) is 9.22. The third-order valence-corrected chi connectivity index (χ3v) is 5.98. The van der Waals surface area contributed by atoms with Gasteiger partial charge >= 0.3 is 10.3 Å². The van der Waals surface area contributed by atoms with Gasteiger partial charge in [-0.15, -0.1) is 11.3 Å². The van der Waals surface area contributed by atoms with Gasteiger partial charge in [0.1, 0.15) is 5.82 Å². The Balaban J connectivity index is 1.68. The second-order valence-electron chi connectivity index (χ2n) is 6.69. The Kier molecular flexibility index (Phi) is 6.97. The number of benzene rings is 2. The maximum absolute atomic E-state index is 13.8. The number of aryl methyl sites for hydroxylation is 2. The van der Waals surface area contributed by atoms with Crippen LogP contribution in [-0.4, -0.2) is 19.5 Å². The van der Waals surface area contributed by atoms with Gasteiger partial charge in [0.05, 0.1) is 0 Å². The monoisotopic (exact) mass is 431 g/mol. The molecule has 0 saturated carbocycles. The lowest BCUT2D eigenvalue weighted by molar-refractivity contribution is 0.466. The van der Waals surface area contributed by atoms with Crippen LogP contribution in [0.2, 0.25) is 0 Å². The minimum Gasteiger partial charge on any atom is -0.273 e. The van der Waals surface area contributed by atoms with Crippen LogP contribution in [0.5, 0.6) is 0 Å². The van der Waals surface area contributed by atoms with Crippen LogP contribution in [0.15, 0.2) is 54.6 Å². The molecule has 0 atom stereocenters. The topological polar surface area (TPSA) is 66.4 Å². The van der Waals surface area contributed by atoms with Crippen LogP contribution in [0.25, 0.3) is 22.6 Å². The lowest BCUT2D eigenvalue weighted by atomic mass is 10.0. The van der Waals surface area contributed by atoms with Gasteiger partial charge in [-0.25, -0.2) is 4.39 Å². The number of hydrogen-bond acceptors (Lipinski definition) is 3. The van der Waals surface area contributed by atoms with E-state index in [1.54, 1.807) is 11.3 Å². The zero-order valence-electron chi connectivity index (χ0n) is 15.9. The maximum atomic E-state index is 13.8. The van der Waals surface area contributed by atoms with Crippen molar-refractivity contribution in [1.82, 2.24) is 4.72 Å². The van der Waals surface area contributed by atoms with Gasteiger partial charge in [-0.3, -0.25) is 4.55 Å². The fourth-order valence-electron chi connectivity index (χ4n) is 2.95. The van der Waals surface area contributed by atoms with Crippen LogP contribution in [-0.2, 0) is 16.7 Å². The average Bonchev–Trinajstić information content (AvgIpc) is 3.10. The highest BCUT2D eigenvalue weighted by molar-refractivity contribution is 7.83. The predicted molar refractivity (Wildman–Crippen MR) is 118 cm³/mol. The zero-order chi connectivity index (χ0) is 20.9. The first-order chi connectivity index (χ1) is 13.8. The molecule has 0 radical (unpaired) electrons. The molecule has 7 heteroatoms. The van der Waals surface area contributed by atoms with Crippen molar-refractivity contribution in [2.75, 3.05) is 6.54 Å². The maximum Gasteiger partial charge on any atom is 0.333 e. The van der Waals surface area contributed by atoms with Crippen molar-refractivity contribution in [3.63, 3.8) is 0 Å². The summed E-state index contributed by atoms with van der Waals surface area (Å²) in [7, 11) is -4.13. The summed E-state index contributed by atoms with van der Waals surface area (Å²) >= 11 is 1.68. The molecule has 0 spiro atoms. The van der Waals surface area contributed by atoms with Crippen molar-refractivity contribution >= 4 is 33.8 Å². The first-order valence-corrected chi connectivity index (χ1v) is 11.4. The molecule has 2 N–H and O–H groups in total. The molecule has 4 nitrogen and oxygen atoms in total. The molecule has 3 aromatic rings. The highest BCUT2D eigenvalue weighted by atomic mass is 32.2. The molecule has 0 unspecified atom stereocenters. The van der Waals surface area contributed by atoms with E-state index >= 15 is 0 Å². The Hall–Kier alpha value is -2.32. The summed E-state index contributed by atoms with van der Waals surface area (Å²) in [6.07, 6.45) is 5.14. The van der Waals surface area contributed by atoms with E-state index in [9.17, 15) is 12.8 Å². The van der Waals surface area contributed by atoms with Crippen molar-refractivity contribution in [2.45, 2.75) is 19.8 Å². The van der Waals surface area contributed by atoms with Crippen LogP contribution >= 0.6 is 11.3 Å². The number of halogens is 1. The number of nitrogens with one attached hydrogen (secondary N) is 1. The highest BCUT2D eigenvalue weighted by Gasteiger charge is 2.07. The Morgan fingerprint density at radius 1 is 1.07 bits per heavy atom. The predicted octanol–water partition coefficient (Wildman–Crippen LogP) is 5.36. The summed E-state index contributed by atoms with van der Waals surface area (Å²) in [5.41, 5.74) is 3.89. The third kappa shape index (κ3) is 6.61. The van der Waals surface area contributed by atoms with Gasteiger partial charge in [0.15, 0.2) is 0 Å². The van der Waals surface area contributed by atoms with Crippen molar-refractivity contribution in [1.29, 1.82) is 0 Å². The van der Waals surface area contributed by atoms with Gasteiger partial charge in [0, 0.05) is 16.3 Å². The summed E-state index contributed by atoms with van der Waals surface area (Å²) in [6, 6.07) is 16.8. The first kappa shape index (κ1) is 21.4. The third-order valence-electron chi connectivity index (χ3n) is 4.38. The SMILES string of the molecule is Cc1ccc(-c2ccc(F)cc2/C=C/c2ccc(CCCNS(=O)(=O)O)cc2)s1. The lowest BCUT2D eigenvalue weighted by Gasteiger charge is -2.05. The van der Waals surface area contributed by atoms with Crippen LogP contribution in [0, 0.1) is 12.7 Å². The minimum absolute atomic E-state index is 0.186. The molecule has 152 valence electrons. The first-order valence-electron chi connectivity index (χ1n) is 9.16. The smallest absolute Gasteiger partial charge is 0.273 e. The lowest BCUT2D eigenvalue weighted by Crippen LogP contribution is -2.23. The number of thiophene rings is 1. The Morgan fingerprint density at radius 3 is 2.48 bits per heavy atom. The molecule has 0 aliphatic rings. The van der Waals surface area contributed by atoms with E-state index in [0.29, 0.717) is 12.8 Å². The van der Waals surface area contributed by atoms with Crippen LogP contribution in [0.4, 0.5) is 4.39 Å².